The van der Waals surface area contributed by atoms with Gasteiger partial charge in [0.2, 0.25) is 5.28 Å². The molecule has 2 aromatic rings. The van der Waals surface area contributed by atoms with Gasteiger partial charge in [0.05, 0.1) is 6.54 Å². The van der Waals surface area contributed by atoms with Crippen LogP contribution in [0, 0.1) is 0 Å². The third-order valence-electron chi connectivity index (χ3n) is 2.62. The minimum absolute atomic E-state index is 0.00579. The second-order valence-corrected chi connectivity index (χ2v) is 4.10. The molecule has 2 heterocycles. The Morgan fingerprint density at radius 3 is 2.44 bits per heavy atom. The minimum Gasteiger partial charge on any atom is -0.303 e. The summed E-state index contributed by atoms with van der Waals surface area (Å²) in [5.41, 5.74) is -1.40. The van der Waals surface area contributed by atoms with E-state index < -0.39 is 24.2 Å². The second kappa shape index (κ2) is 4.20. The van der Waals surface area contributed by atoms with Crippen LogP contribution in [-0.2, 0) is 20.6 Å². The van der Waals surface area contributed by atoms with Crippen molar-refractivity contribution in [3.8, 4) is 0 Å². The summed E-state index contributed by atoms with van der Waals surface area (Å²) in [4.78, 5) is 27.3. The Balaban J connectivity index is 2.95. The SMILES string of the molecule is Cn1c(=O)c2c(nc(Cl)n2CC(F)F)n(C)c1=O. The predicted molar refractivity (Wildman–Crippen MR) is 61.2 cm³/mol. The molecule has 0 unspecified atom stereocenters. The highest BCUT2D eigenvalue weighted by Crippen LogP contribution is 2.16. The van der Waals surface area contributed by atoms with Crippen molar-refractivity contribution in [3.05, 3.63) is 26.1 Å². The lowest BCUT2D eigenvalue weighted by Crippen LogP contribution is -2.37. The number of imidazole rings is 1. The van der Waals surface area contributed by atoms with Crippen LogP contribution in [-0.4, -0.2) is 25.1 Å². The van der Waals surface area contributed by atoms with Crippen LogP contribution >= 0.6 is 11.6 Å². The molecule has 2 aromatic heterocycles. The molecule has 0 bridgehead atoms. The average molecular weight is 279 g/mol. The van der Waals surface area contributed by atoms with E-state index in [0.717, 1.165) is 13.7 Å². The van der Waals surface area contributed by atoms with Crippen LogP contribution in [0.4, 0.5) is 8.78 Å². The first-order valence-electron chi connectivity index (χ1n) is 4.94. The summed E-state index contributed by atoms with van der Waals surface area (Å²) in [5, 5.41) is -0.247. The zero-order chi connectivity index (χ0) is 13.6. The summed E-state index contributed by atoms with van der Waals surface area (Å²) < 4.78 is 27.7. The van der Waals surface area contributed by atoms with Gasteiger partial charge in [0.25, 0.3) is 12.0 Å². The molecule has 9 heteroatoms. The van der Waals surface area contributed by atoms with Crippen molar-refractivity contribution in [2.24, 2.45) is 14.1 Å². The Hall–Kier alpha value is -1.70. The average Bonchev–Trinajstić information content (AvgIpc) is 2.61. The summed E-state index contributed by atoms with van der Waals surface area (Å²) in [6.45, 7) is -0.747. The molecule has 0 saturated heterocycles. The van der Waals surface area contributed by atoms with E-state index in [1.807, 2.05) is 0 Å². The molecule has 18 heavy (non-hydrogen) atoms. The van der Waals surface area contributed by atoms with E-state index in [-0.39, 0.29) is 16.4 Å². The first-order chi connectivity index (χ1) is 8.34. The highest BCUT2D eigenvalue weighted by atomic mass is 35.5. The Labute approximate surface area is 104 Å². The molecule has 0 spiro atoms. The van der Waals surface area contributed by atoms with Gasteiger partial charge in [-0.25, -0.2) is 13.6 Å². The van der Waals surface area contributed by atoms with Crippen molar-refractivity contribution in [2.45, 2.75) is 13.0 Å². The number of aromatic nitrogens is 4. The molecule has 0 atom stereocenters. The zero-order valence-electron chi connectivity index (χ0n) is 9.52. The molecule has 0 saturated carbocycles. The number of hydrogen-bond donors (Lipinski definition) is 0. The maximum absolute atomic E-state index is 12.4. The zero-order valence-corrected chi connectivity index (χ0v) is 10.3. The normalized spacial score (nSPS) is 11.7. The molecule has 0 radical (unpaired) electrons. The maximum atomic E-state index is 12.4. The fourth-order valence-electron chi connectivity index (χ4n) is 1.72. The lowest BCUT2D eigenvalue weighted by atomic mass is 10.5. The summed E-state index contributed by atoms with van der Waals surface area (Å²) in [7, 11) is 2.65. The third-order valence-corrected chi connectivity index (χ3v) is 2.91. The summed E-state index contributed by atoms with van der Waals surface area (Å²) in [6.07, 6.45) is -2.68. The number of aryl methyl sites for hydroxylation is 1. The highest BCUT2D eigenvalue weighted by Gasteiger charge is 2.19. The topological polar surface area (TPSA) is 61.8 Å². The maximum Gasteiger partial charge on any atom is 0.332 e. The number of fused-ring (bicyclic) bond motifs is 1. The molecule has 0 aliphatic carbocycles. The van der Waals surface area contributed by atoms with E-state index in [4.69, 9.17) is 11.6 Å². The first kappa shape index (κ1) is 12.7. The van der Waals surface area contributed by atoms with Gasteiger partial charge in [0, 0.05) is 14.1 Å². The summed E-state index contributed by atoms with van der Waals surface area (Å²) >= 11 is 5.72. The third kappa shape index (κ3) is 1.72. The van der Waals surface area contributed by atoms with Crippen molar-refractivity contribution in [3.63, 3.8) is 0 Å². The Morgan fingerprint density at radius 1 is 1.28 bits per heavy atom. The number of rotatable bonds is 2. The fourth-order valence-corrected chi connectivity index (χ4v) is 1.96. The van der Waals surface area contributed by atoms with E-state index in [1.165, 1.54) is 14.1 Å². The highest BCUT2D eigenvalue weighted by molar-refractivity contribution is 6.29. The van der Waals surface area contributed by atoms with Crippen molar-refractivity contribution >= 4 is 22.8 Å². The van der Waals surface area contributed by atoms with Gasteiger partial charge < -0.3 is 4.57 Å². The molecule has 98 valence electrons. The van der Waals surface area contributed by atoms with Gasteiger partial charge in [-0.1, -0.05) is 0 Å². The predicted octanol–water partition coefficient (Wildman–Crippen LogP) is 0.352. The van der Waals surface area contributed by atoms with Crippen molar-refractivity contribution in [2.75, 3.05) is 0 Å². The van der Waals surface area contributed by atoms with Gasteiger partial charge in [-0.15, -0.1) is 0 Å². The van der Waals surface area contributed by atoms with Crippen LogP contribution in [0.2, 0.25) is 5.28 Å². The number of nitrogens with zero attached hydrogens (tertiary/aromatic N) is 4. The van der Waals surface area contributed by atoms with Crippen LogP contribution in [0.25, 0.3) is 11.2 Å². The monoisotopic (exact) mass is 278 g/mol. The fraction of sp³-hybridized carbons (Fsp3) is 0.444. The Bertz CT molecular complexity index is 731. The van der Waals surface area contributed by atoms with Crippen molar-refractivity contribution < 1.29 is 8.78 Å². The quantitative estimate of drug-likeness (QED) is 0.745. The minimum atomic E-state index is -2.68. The number of halogens is 3. The van der Waals surface area contributed by atoms with E-state index in [0.29, 0.717) is 0 Å². The molecule has 0 N–H and O–H groups in total. The second-order valence-electron chi connectivity index (χ2n) is 3.76. The van der Waals surface area contributed by atoms with Gasteiger partial charge in [-0.3, -0.25) is 13.9 Å². The number of hydrogen-bond acceptors (Lipinski definition) is 3. The molecule has 0 aliphatic heterocycles. The van der Waals surface area contributed by atoms with Gasteiger partial charge in [-0.05, 0) is 11.6 Å². The summed E-state index contributed by atoms with van der Waals surface area (Å²) in [6, 6.07) is 0. The molecule has 2 rings (SSSR count). The van der Waals surface area contributed by atoms with Crippen LogP contribution in [0.5, 0.6) is 0 Å². The standard InChI is InChI=1S/C9H9ClF2N4O2/c1-14-6-5(7(17)15(2)9(14)18)16(3-4(11)12)8(10)13-6/h4H,3H2,1-2H3. The Morgan fingerprint density at radius 2 is 1.89 bits per heavy atom. The van der Waals surface area contributed by atoms with Crippen LogP contribution in [0.3, 0.4) is 0 Å². The van der Waals surface area contributed by atoms with E-state index >= 15 is 0 Å². The van der Waals surface area contributed by atoms with Gasteiger partial charge in [0.1, 0.15) is 0 Å². The molecule has 0 amide bonds. The molecule has 6 nitrogen and oxygen atoms in total. The molecule has 0 fully saturated rings. The smallest absolute Gasteiger partial charge is 0.303 e. The Kier molecular flexibility index (Phi) is 2.97. The van der Waals surface area contributed by atoms with Gasteiger partial charge in [0.15, 0.2) is 11.2 Å². The van der Waals surface area contributed by atoms with Gasteiger partial charge in [-0.2, -0.15) is 4.98 Å². The lowest BCUT2D eigenvalue weighted by Gasteiger charge is -2.06. The van der Waals surface area contributed by atoms with Crippen LogP contribution in [0.15, 0.2) is 9.59 Å². The lowest BCUT2D eigenvalue weighted by molar-refractivity contribution is 0.128. The van der Waals surface area contributed by atoms with E-state index in [2.05, 4.69) is 4.98 Å². The molecular formula is C9H9ClF2N4O2. The van der Waals surface area contributed by atoms with Crippen LogP contribution < -0.4 is 11.2 Å². The summed E-state index contributed by atoms with van der Waals surface area (Å²) in [5.74, 6) is 0. The van der Waals surface area contributed by atoms with E-state index in [9.17, 15) is 18.4 Å². The first-order valence-corrected chi connectivity index (χ1v) is 5.32. The van der Waals surface area contributed by atoms with Crippen molar-refractivity contribution in [1.29, 1.82) is 0 Å². The largest absolute Gasteiger partial charge is 0.332 e. The number of alkyl halides is 2. The van der Waals surface area contributed by atoms with Crippen LogP contribution in [0.1, 0.15) is 0 Å². The van der Waals surface area contributed by atoms with Crippen molar-refractivity contribution in [1.82, 2.24) is 18.7 Å². The molecule has 0 aromatic carbocycles. The van der Waals surface area contributed by atoms with Gasteiger partial charge >= 0.3 is 5.69 Å². The van der Waals surface area contributed by atoms with E-state index in [1.54, 1.807) is 0 Å². The molecule has 0 aliphatic rings. The molecular weight excluding hydrogens is 270 g/mol.